The summed E-state index contributed by atoms with van der Waals surface area (Å²) in [5.74, 6) is -0.962. The molecule has 1 aliphatic heterocycles. The minimum Gasteiger partial charge on any atom is -0.478 e. The van der Waals surface area contributed by atoms with Gasteiger partial charge in [-0.2, -0.15) is 0 Å². The van der Waals surface area contributed by atoms with Crippen molar-refractivity contribution in [2.45, 2.75) is 12.8 Å². The number of carbonyl (C=O) groups is 1. The van der Waals surface area contributed by atoms with E-state index in [1.54, 1.807) is 0 Å². The van der Waals surface area contributed by atoms with Crippen LogP contribution in [0.15, 0.2) is 36.4 Å². The van der Waals surface area contributed by atoms with Crippen LogP contribution in [0.4, 0.5) is 5.69 Å². The first kappa shape index (κ1) is 12.7. The molecule has 1 saturated heterocycles. The molecule has 0 amide bonds. The second-order valence-electron chi connectivity index (χ2n) is 4.98. The molecule has 0 saturated carbocycles. The summed E-state index contributed by atoms with van der Waals surface area (Å²) in [6.07, 6.45) is 5.13. The van der Waals surface area contributed by atoms with Crippen molar-refractivity contribution < 1.29 is 9.90 Å². The van der Waals surface area contributed by atoms with Crippen LogP contribution in [0.25, 0.3) is 17.0 Å². The van der Waals surface area contributed by atoms with Gasteiger partial charge in [0.2, 0.25) is 0 Å². The minimum absolute atomic E-state index is 0.661. The first-order chi connectivity index (χ1) is 9.72. The molecule has 3 rings (SSSR count). The van der Waals surface area contributed by atoms with Crippen LogP contribution in [0.2, 0.25) is 0 Å². The third-order valence-corrected chi connectivity index (χ3v) is 3.56. The Hall–Kier alpha value is -2.36. The maximum atomic E-state index is 10.5. The molecule has 0 aliphatic carbocycles. The third kappa shape index (κ3) is 2.64. The zero-order valence-corrected chi connectivity index (χ0v) is 11.1. The van der Waals surface area contributed by atoms with Gasteiger partial charge in [0.25, 0.3) is 0 Å². The van der Waals surface area contributed by atoms with Gasteiger partial charge in [0.05, 0.1) is 11.2 Å². The van der Waals surface area contributed by atoms with Crippen LogP contribution in [-0.4, -0.2) is 29.1 Å². The molecule has 0 unspecified atom stereocenters. The normalized spacial score (nSPS) is 15.3. The first-order valence-electron chi connectivity index (χ1n) is 6.79. The summed E-state index contributed by atoms with van der Waals surface area (Å²) in [6.45, 7) is 2.25. The highest BCUT2D eigenvalue weighted by Crippen LogP contribution is 2.24. The summed E-state index contributed by atoms with van der Waals surface area (Å²) in [4.78, 5) is 17.3. The van der Waals surface area contributed by atoms with Gasteiger partial charge in [-0.3, -0.25) is 0 Å². The smallest absolute Gasteiger partial charge is 0.328 e. The lowest BCUT2D eigenvalue weighted by atomic mass is 10.1. The number of hydrogen-bond donors (Lipinski definition) is 1. The maximum Gasteiger partial charge on any atom is 0.328 e. The molecule has 4 heteroatoms. The Morgan fingerprint density at radius 3 is 2.75 bits per heavy atom. The molecular weight excluding hydrogens is 252 g/mol. The molecule has 0 spiro atoms. The fourth-order valence-corrected chi connectivity index (χ4v) is 2.55. The molecule has 1 fully saturated rings. The number of hydrogen-bond acceptors (Lipinski definition) is 3. The molecule has 1 aromatic carbocycles. The Morgan fingerprint density at radius 1 is 1.20 bits per heavy atom. The molecule has 102 valence electrons. The summed E-state index contributed by atoms with van der Waals surface area (Å²) < 4.78 is 0. The molecule has 1 N–H and O–H groups in total. The highest BCUT2D eigenvalue weighted by Gasteiger charge is 2.12. The zero-order valence-electron chi connectivity index (χ0n) is 11.1. The van der Waals surface area contributed by atoms with E-state index in [0.29, 0.717) is 5.69 Å². The van der Waals surface area contributed by atoms with Gasteiger partial charge in [0, 0.05) is 30.2 Å². The van der Waals surface area contributed by atoms with Gasteiger partial charge < -0.3 is 10.0 Å². The van der Waals surface area contributed by atoms with Crippen LogP contribution in [0, 0.1) is 0 Å². The summed E-state index contributed by atoms with van der Waals surface area (Å²) in [6, 6.07) is 10.1. The molecule has 2 heterocycles. The van der Waals surface area contributed by atoms with Crippen LogP contribution in [-0.2, 0) is 4.79 Å². The van der Waals surface area contributed by atoms with Gasteiger partial charge in [-0.05, 0) is 43.2 Å². The van der Waals surface area contributed by atoms with Crippen molar-refractivity contribution in [2.75, 3.05) is 18.0 Å². The molecular formula is C16H16N2O2. The van der Waals surface area contributed by atoms with Gasteiger partial charge in [0.1, 0.15) is 0 Å². The molecule has 0 radical (unpaired) electrons. The Morgan fingerprint density at radius 2 is 2.00 bits per heavy atom. The van der Waals surface area contributed by atoms with E-state index in [2.05, 4.69) is 22.0 Å². The van der Waals surface area contributed by atoms with Crippen LogP contribution in [0.3, 0.4) is 0 Å². The molecule has 0 atom stereocenters. The van der Waals surface area contributed by atoms with E-state index in [9.17, 15) is 4.79 Å². The maximum absolute atomic E-state index is 10.5. The van der Waals surface area contributed by atoms with Crippen LogP contribution in [0.5, 0.6) is 0 Å². The lowest BCUT2D eigenvalue weighted by molar-refractivity contribution is -0.131. The van der Waals surface area contributed by atoms with Crippen molar-refractivity contribution in [3.63, 3.8) is 0 Å². The van der Waals surface area contributed by atoms with Gasteiger partial charge >= 0.3 is 5.97 Å². The number of aliphatic carboxylic acids is 1. The third-order valence-electron chi connectivity index (χ3n) is 3.56. The summed E-state index contributed by atoms with van der Waals surface area (Å²) in [5, 5.41) is 9.71. The van der Waals surface area contributed by atoms with Gasteiger partial charge in [-0.15, -0.1) is 0 Å². The average Bonchev–Trinajstić information content (AvgIpc) is 2.98. The average molecular weight is 268 g/mol. The summed E-state index contributed by atoms with van der Waals surface area (Å²) >= 11 is 0. The number of fused-ring (bicyclic) bond motifs is 1. The van der Waals surface area contributed by atoms with Crippen molar-refractivity contribution >= 4 is 28.6 Å². The molecule has 1 aliphatic rings. The number of carboxylic acids is 1. The quantitative estimate of drug-likeness (QED) is 0.870. The lowest BCUT2D eigenvalue weighted by Crippen LogP contribution is -2.17. The van der Waals surface area contributed by atoms with E-state index >= 15 is 0 Å². The lowest BCUT2D eigenvalue weighted by Gasteiger charge is -2.17. The van der Waals surface area contributed by atoms with Crippen molar-refractivity contribution in [3.05, 3.63) is 42.1 Å². The Balaban J connectivity index is 1.92. The summed E-state index contributed by atoms with van der Waals surface area (Å²) in [7, 11) is 0. The first-order valence-corrected chi connectivity index (χ1v) is 6.79. The Kier molecular flexibility index (Phi) is 3.37. The monoisotopic (exact) mass is 268 g/mol. The number of pyridine rings is 1. The fraction of sp³-hybridized carbons (Fsp3) is 0.250. The number of rotatable bonds is 3. The number of carboxylic acid groups (broad SMARTS) is 1. The number of nitrogens with zero attached hydrogens (tertiary/aromatic N) is 2. The van der Waals surface area contributed by atoms with Crippen molar-refractivity contribution in [1.82, 2.24) is 4.98 Å². The Labute approximate surface area is 117 Å². The van der Waals surface area contributed by atoms with Gasteiger partial charge in [0.15, 0.2) is 0 Å². The topological polar surface area (TPSA) is 53.4 Å². The van der Waals surface area contributed by atoms with Gasteiger partial charge in [-0.1, -0.05) is 6.07 Å². The second kappa shape index (κ2) is 5.33. The predicted molar refractivity (Wildman–Crippen MR) is 79.9 cm³/mol. The largest absolute Gasteiger partial charge is 0.478 e. The van der Waals surface area contributed by atoms with E-state index in [1.165, 1.54) is 24.6 Å². The predicted octanol–water partition coefficient (Wildman–Crippen LogP) is 2.93. The van der Waals surface area contributed by atoms with Crippen molar-refractivity contribution in [2.24, 2.45) is 0 Å². The van der Waals surface area contributed by atoms with Crippen LogP contribution >= 0.6 is 0 Å². The number of anilines is 1. The fourth-order valence-electron chi connectivity index (χ4n) is 2.55. The summed E-state index contributed by atoms with van der Waals surface area (Å²) in [5.41, 5.74) is 2.79. The molecule has 1 aromatic heterocycles. The standard InChI is InChI=1S/C16H16N2O2/c19-16(20)8-5-13-4-3-12-11-14(6-7-15(12)17-13)18-9-1-2-10-18/h3-8,11H,1-2,9-10H2,(H,19,20)/b8-5+. The Bertz CT molecular complexity index is 673. The SMILES string of the molecule is O=C(O)/C=C/c1ccc2cc(N3CCCC3)ccc2n1. The van der Waals surface area contributed by atoms with E-state index in [4.69, 9.17) is 5.11 Å². The molecule has 20 heavy (non-hydrogen) atoms. The van der Waals surface area contributed by atoms with E-state index in [0.717, 1.165) is 30.1 Å². The van der Waals surface area contributed by atoms with Crippen molar-refractivity contribution in [1.29, 1.82) is 0 Å². The molecule has 0 bridgehead atoms. The second-order valence-corrected chi connectivity index (χ2v) is 4.98. The van der Waals surface area contributed by atoms with Crippen molar-refractivity contribution in [3.8, 4) is 0 Å². The van der Waals surface area contributed by atoms with E-state index < -0.39 is 5.97 Å². The minimum atomic E-state index is -0.962. The van der Waals surface area contributed by atoms with E-state index in [1.807, 2.05) is 18.2 Å². The molecule has 2 aromatic rings. The van der Waals surface area contributed by atoms with Crippen LogP contribution in [0.1, 0.15) is 18.5 Å². The van der Waals surface area contributed by atoms with Crippen LogP contribution < -0.4 is 4.90 Å². The van der Waals surface area contributed by atoms with Gasteiger partial charge in [-0.25, -0.2) is 9.78 Å². The zero-order chi connectivity index (χ0) is 13.9. The van der Waals surface area contributed by atoms with E-state index in [-0.39, 0.29) is 0 Å². The molecule has 4 nitrogen and oxygen atoms in total. The highest BCUT2D eigenvalue weighted by atomic mass is 16.4. The highest BCUT2D eigenvalue weighted by molar-refractivity contribution is 5.87. The number of benzene rings is 1. The number of aromatic nitrogens is 1.